The van der Waals surface area contributed by atoms with Crippen molar-refractivity contribution in [3.05, 3.63) is 71.3 Å². The first kappa shape index (κ1) is 17.9. The summed E-state index contributed by atoms with van der Waals surface area (Å²) in [5, 5.41) is 2.97. The van der Waals surface area contributed by atoms with Gasteiger partial charge in [-0.1, -0.05) is 30.3 Å². The molecular weight excluding hydrogens is 354 g/mol. The molecule has 28 heavy (non-hydrogen) atoms. The van der Waals surface area contributed by atoms with Crippen molar-refractivity contribution in [3.63, 3.8) is 0 Å². The maximum absolute atomic E-state index is 12.8. The van der Waals surface area contributed by atoms with Crippen LogP contribution in [0.1, 0.15) is 21.5 Å². The van der Waals surface area contributed by atoms with E-state index in [1.807, 2.05) is 18.2 Å². The van der Waals surface area contributed by atoms with E-state index in [1.54, 1.807) is 12.1 Å². The second-order valence-corrected chi connectivity index (χ2v) is 6.57. The van der Waals surface area contributed by atoms with Crippen molar-refractivity contribution in [2.75, 3.05) is 26.6 Å². The van der Waals surface area contributed by atoms with Gasteiger partial charge in [-0.2, -0.15) is 0 Å². The fourth-order valence-corrected chi connectivity index (χ4v) is 3.62. The van der Waals surface area contributed by atoms with Gasteiger partial charge in [-0.25, -0.2) is 0 Å². The molecule has 0 aliphatic heterocycles. The summed E-state index contributed by atoms with van der Waals surface area (Å²) in [6, 6.07) is 17.7. The molecule has 0 aromatic heterocycles. The number of hydrogen-bond donors (Lipinski definition) is 1. The Hall–Kier alpha value is -3.47. The number of methoxy groups -OCH3 is 3. The first-order chi connectivity index (χ1) is 13.6. The quantitative estimate of drug-likeness (QED) is 0.557. The van der Waals surface area contributed by atoms with Gasteiger partial charge in [-0.05, 0) is 52.9 Å². The Morgan fingerprint density at radius 2 is 1.50 bits per heavy atom. The molecule has 0 saturated carbocycles. The van der Waals surface area contributed by atoms with Crippen molar-refractivity contribution in [1.82, 2.24) is 0 Å². The van der Waals surface area contributed by atoms with E-state index in [9.17, 15) is 4.79 Å². The molecule has 3 aromatic carbocycles. The van der Waals surface area contributed by atoms with Gasteiger partial charge in [0.25, 0.3) is 5.91 Å². The fourth-order valence-electron chi connectivity index (χ4n) is 3.62. The van der Waals surface area contributed by atoms with Crippen LogP contribution in [-0.2, 0) is 6.42 Å². The van der Waals surface area contributed by atoms with Gasteiger partial charge in [-0.15, -0.1) is 0 Å². The van der Waals surface area contributed by atoms with Gasteiger partial charge >= 0.3 is 0 Å². The summed E-state index contributed by atoms with van der Waals surface area (Å²) < 4.78 is 16.0. The molecule has 0 saturated heterocycles. The second-order valence-electron chi connectivity index (χ2n) is 6.57. The SMILES string of the molecule is COc1cc(C(=O)Nc2ccc3c(c2)-c2ccccc2C3)cc(OC)c1OC. The standard InChI is InChI=1S/C23H21NO4/c1-26-20-11-16(12-21(27-2)22(20)28-3)23(25)24-17-9-8-15-10-14-6-4-5-7-18(14)19(15)13-17/h4-9,11-13H,10H2,1-3H3,(H,24,25). The molecule has 4 rings (SSSR count). The maximum atomic E-state index is 12.8. The summed E-state index contributed by atoms with van der Waals surface area (Å²) in [4.78, 5) is 12.8. The van der Waals surface area contributed by atoms with Crippen LogP contribution in [0.2, 0.25) is 0 Å². The van der Waals surface area contributed by atoms with E-state index in [0.29, 0.717) is 22.8 Å². The Morgan fingerprint density at radius 1 is 0.821 bits per heavy atom. The minimum Gasteiger partial charge on any atom is -0.493 e. The van der Waals surface area contributed by atoms with Crippen LogP contribution in [0.3, 0.4) is 0 Å². The van der Waals surface area contributed by atoms with Gasteiger partial charge in [0.1, 0.15) is 0 Å². The molecule has 0 spiro atoms. The number of nitrogens with one attached hydrogen (secondary N) is 1. The summed E-state index contributed by atoms with van der Waals surface area (Å²) in [6.07, 6.45) is 0.923. The highest BCUT2D eigenvalue weighted by Crippen LogP contribution is 2.39. The molecule has 0 atom stereocenters. The predicted octanol–water partition coefficient (Wildman–Crippen LogP) is 4.54. The van der Waals surface area contributed by atoms with E-state index in [1.165, 1.54) is 43.6 Å². The zero-order valence-corrected chi connectivity index (χ0v) is 16.0. The van der Waals surface area contributed by atoms with Crippen molar-refractivity contribution < 1.29 is 19.0 Å². The van der Waals surface area contributed by atoms with Crippen LogP contribution in [-0.4, -0.2) is 27.2 Å². The Bertz CT molecular complexity index is 1030. The molecular formula is C23H21NO4. The molecule has 5 heteroatoms. The maximum Gasteiger partial charge on any atom is 0.255 e. The molecule has 3 aromatic rings. The summed E-state index contributed by atoms with van der Waals surface area (Å²) in [7, 11) is 4.58. The number of amides is 1. The lowest BCUT2D eigenvalue weighted by Gasteiger charge is -2.14. The largest absolute Gasteiger partial charge is 0.493 e. The molecule has 5 nitrogen and oxygen atoms in total. The Kier molecular flexibility index (Phi) is 4.65. The van der Waals surface area contributed by atoms with Crippen LogP contribution < -0.4 is 19.5 Å². The summed E-state index contributed by atoms with van der Waals surface area (Å²) in [6.45, 7) is 0. The monoisotopic (exact) mass is 375 g/mol. The fraction of sp³-hybridized carbons (Fsp3) is 0.174. The van der Waals surface area contributed by atoms with Crippen molar-refractivity contribution in [3.8, 4) is 28.4 Å². The summed E-state index contributed by atoms with van der Waals surface area (Å²) >= 11 is 0. The van der Waals surface area contributed by atoms with E-state index in [-0.39, 0.29) is 5.91 Å². The molecule has 1 N–H and O–H groups in total. The van der Waals surface area contributed by atoms with Crippen LogP contribution in [0.15, 0.2) is 54.6 Å². The van der Waals surface area contributed by atoms with Gasteiger partial charge in [0, 0.05) is 11.3 Å². The van der Waals surface area contributed by atoms with E-state index < -0.39 is 0 Å². The second kappa shape index (κ2) is 7.27. The number of fused-ring (bicyclic) bond motifs is 3. The van der Waals surface area contributed by atoms with Crippen molar-refractivity contribution >= 4 is 11.6 Å². The molecule has 142 valence electrons. The lowest BCUT2D eigenvalue weighted by atomic mass is 10.1. The lowest BCUT2D eigenvalue weighted by Crippen LogP contribution is -2.12. The lowest BCUT2D eigenvalue weighted by molar-refractivity contribution is 0.102. The zero-order valence-electron chi connectivity index (χ0n) is 16.0. The third-order valence-corrected chi connectivity index (χ3v) is 4.98. The van der Waals surface area contributed by atoms with E-state index >= 15 is 0 Å². The first-order valence-electron chi connectivity index (χ1n) is 8.97. The van der Waals surface area contributed by atoms with E-state index in [4.69, 9.17) is 14.2 Å². The molecule has 0 unspecified atom stereocenters. The smallest absolute Gasteiger partial charge is 0.255 e. The molecule has 0 fully saturated rings. The highest BCUT2D eigenvalue weighted by Gasteiger charge is 2.20. The van der Waals surface area contributed by atoms with E-state index in [2.05, 4.69) is 29.6 Å². The minimum atomic E-state index is -0.245. The normalized spacial score (nSPS) is 11.4. The van der Waals surface area contributed by atoms with Gasteiger partial charge in [-0.3, -0.25) is 4.79 Å². The number of carbonyl (C=O) groups excluding carboxylic acids is 1. The van der Waals surface area contributed by atoms with Crippen LogP contribution in [0.5, 0.6) is 17.2 Å². The number of benzene rings is 3. The average molecular weight is 375 g/mol. The molecule has 0 radical (unpaired) electrons. The third-order valence-electron chi connectivity index (χ3n) is 4.98. The Balaban J connectivity index is 1.64. The number of anilines is 1. The number of carbonyl (C=O) groups is 1. The molecule has 1 amide bonds. The van der Waals surface area contributed by atoms with Gasteiger partial charge in [0.2, 0.25) is 5.75 Å². The van der Waals surface area contributed by atoms with Crippen molar-refractivity contribution in [2.24, 2.45) is 0 Å². The highest BCUT2D eigenvalue weighted by molar-refractivity contribution is 6.05. The van der Waals surface area contributed by atoms with Crippen molar-refractivity contribution in [2.45, 2.75) is 6.42 Å². The first-order valence-corrected chi connectivity index (χ1v) is 8.97. The van der Waals surface area contributed by atoms with Gasteiger partial charge < -0.3 is 19.5 Å². The highest BCUT2D eigenvalue weighted by atomic mass is 16.5. The van der Waals surface area contributed by atoms with Crippen LogP contribution in [0.25, 0.3) is 11.1 Å². The van der Waals surface area contributed by atoms with Gasteiger partial charge in [0.05, 0.1) is 21.3 Å². The summed E-state index contributed by atoms with van der Waals surface area (Å²) in [5.74, 6) is 1.09. The van der Waals surface area contributed by atoms with E-state index in [0.717, 1.165) is 12.1 Å². The molecule has 0 heterocycles. The zero-order chi connectivity index (χ0) is 19.7. The van der Waals surface area contributed by atoms with Crippen LogP contribution in [0.4, 0.5) is 5.69 Å². The Labute approximate surface area is 163 Å². The predicted molar refractivity (Wildman–Crippen MR) is 109 cm³/mol. The topological polar surface area (TPSA) is 56.8 Å². The molecule has 1 aliphatic rings. The van der Waals surface area contributed by atoms with Crippen LogP contribution in [0, 0.1) is 0 Å². The third kappa shape index (κ3) is 3.05. The number of rotatable bonds is 5. The number of hydrogen-bond acceptors (Lipinski definition) is 4. The Morgan fingerprint density at radius 3 is 2.18 bits per heavy atom. The molecule has 1 aliphatic carbocycles. The number of ether oxygens (including phenoxy) is 3. The molecule has 0 bridgehead atoms. The summed E-state index contributed by atoms with van der Waals surface area (Å²) in [5.41, 5.74) is 6.14. The average Bonchev–Trinajstić information content (AvgIpc) is 3.10. The van der Waals surface area contributed by atoms with Crippen molar-refractivity contribution in [1.29, 1.82) is 0 Å². The minimum absolute atomic E-state index is 0.245. The van der Waals surface area contributed by atoms with Gasteiger partial charge in [0.15, 0.2) is 11.5 Å². The van der Waals surface area contributed by atoms with Crippen LogP contribution >= 0.6 is 0 Å².